The highest BCUT2D eigenvalue weighted by Crippen LogP contribution is 2.30. The summed E-state index contributed by atoms with van der Waals surface area (Å²) < 4.78 is 44.0. The van der Waals surface area contributed by atoms with Gasteiger partial charge in [-0.3, -0.25) is 0 Å². The molecule has 0 spiro atoms. The molecule has 2 rings (SSSR count). The maximum Gasteiger partial charge on any atom is 0.451 e. The molecule has 0 bridgehead atoms. The molecule has 0 saturated carbocycles. The molecular weight excluding hydrogens is 235 g/mol. The first kappa shape index (κ1) is 11.8. The lowest BCUT2D eigenvalue weighted by atomic mass is 10.3. The minimum absolute atomic E-state index is 0.157. The van der Waals surface area contributed by atoms with E-state index >= 15 is 0 Å². The van der Waals surface area contributed by atoms with Gasteiger partial charge in [-0.15, -0.1) is 0 Å². The van der Waals surface area contributed by atoms with E-state index in [9.17, 15) is 13.2 Å². The van der Waals surface area contributed by atoms with Crippen LogP contribution in [0.25, 0.3) is 11.5 Å². The predicted molar refractivity (Wildman–Crippen MR) is 53.3 cm³/mol. The SMILES string of the molecule is CCOCn1cccc2nc(C(F)(F)F)nc1-2. The third-order valence-electron chi connectivity index (χ3n) is 2.15. The molecule has 4 nitrogen and oxygen atoms in total. The summed E-state index contributed by atoms with van der Waals surface area (Å²) >= 11 is 0. The van der Waals surface area contributed by atoms with Crippen LogP contribution < -0.4 is 0 Å². The fourth-order valence-corrected chi connectivity index (χ4v) is 1.40. The second kappa shape index (κ2) is 4.33. The molecule has 0 aromatic heterocycles. The first-order chi connectivity index (χ1) is 8.02. The van der Waals surface area contributed by atoms with Crippen molar-refractivity contribution in [2.45, 2.75) is 19.8 Å². The molecule has 0 atom stereocenters. The Balaban J connectivity index is 2.41. The summed E-state index contributed by atoms with van der Waals surface area (Å²) in [6.45, 7) is 2.44. The maximum atomic E-state index is 12.4. The number of alkyl halides is 3. The molecule has 17 heavy (non-hydrogen) atoms. The molecule has 0 amide bonds. The number of hydrogen-bond acceptors (Lipinski definition) is 3. The standard InChI is InChI=1S/C10H10F3N3O/c1-2-17-6-16-5-3-4-7-8(16)15-9(14-7)10(11,12)13/h3-5H,2,6H2,1H3. The summed E-state index contributed by atoms with van der Waals surface area (Å²) in [7, 11) is 0. The molecule has 2 aliphatic rings. The lowest BCUT2D eigenvalue weighted by Gasteiger charge is -2.09. The first-order valence-electron chi connectivity index (χ1n) is 5.00. The molecule has 2 aliphatic heterocycles. The minimum atomic E-state index is -4.53. The van der Waals surface area contributed by atoms with Gasteiger partial charge in [-0.05, 0) is 19.1 Å². The van der Waals surface area contributed by atoms with Gasteiger partial charge in [-0.2, -0.15) is 13.2 Å². The molecule has 7 heteroatoms. The van der Waals surface area contributed by atoms with Gasteiger partial charge in [0.05, 0.1) is 0 Å². The summed E-state index contributed by atoms with van der Waals surface area (Å²) in [6.07, 6.45) is -2.92. The predicted octanol–water partition coefficient (Wildman–Crippen LogP) is 2.40. The van der Waals surface area contributed by atoms with Crippen molar-refractivity contribution in [3.05, 3.63) is 24.2 Å². The minimum Gasteiger partial charge on any atom is -0.361 e. The van der Waals surface area contributed by atoms with E-state index in [4.69, 9.17) is 4.74 Å². The van der Waals surface area contributed by atoms with Crippen LogP contribution >= 0.6 is 0 Å². The van der Waals surface area contributed by atoms with Gasteiger partial charge in [-0.25, -0.2) is 9.97 Å². The number of fused-ring (bicyclic) bond motifs is 1. The largest absolute Gasteiger partial charge is 0.451 e. The number of hydrogen-bond donors (Lipinski definition) is 0. The Morgan fingerprint density at radius 3 is 2.76 bits per heavy atom. The summed E-state index contributed by atoms with van der Waals surface area (Å²) in [4.78, 5) is 6.92. The third kappa shape index (κ3) is 2.38. The quantitative estimate of drug-likeness (QED) is 0.833. The van der Waals surface area contributed by atoms with Crippen molar-refractivity contribution in [3.63, 3.8) is 0 Å². The first-order valence-corrected chi connectivity index (χ1v) is 5.00. The van der Waals surface area contributed by atoms with Crippen LogP contribution in [0.1, 0.15) is 12.7 Å². The molecule has 2 heterocycles. The Bertz CT molecular complexity index is 480. The number of rotatable bonds is 3. The molecular formula is C10H10F3N3O. The Kier molecular flexibility index (Phi) is 3.01. The molecule has 0 N–H and O–H groups in total. The molecule has 0 fully saturated rings. The van der Waals surface area contributed by atoms with E-state index < -0.39 is 12.0 Å². The van der Waals surface area contributed by atoms with Crippen molar-refractivity contribution in [2.24, 2.45) is 0 Å². The van der Waals surface area contributed by atoms with Gasteiger partial charge in [0.15, 0.2) is 5.82 Å². The van der Waals surface area contributed by atoms with Gasteiger partial charge in [0, 0.05) is 12.8 Å². The van der Waals surface area contributed by atoms with Gasteiger partial charge in [0.2, 0.25) is 5.82 Å². The summed E-state index contributed by atoms with van der Waals surface area (Å²) in [5, 5.41) is 0. The fourth-order valence-electron chi connectivity index (χ4n) is 1.40. The van der Waals surface area contributed by atoms with Gasteiger partial charge in [0.1, 0.15) is 12.4 Å². The average Bonchev–Trinajstić information content (AvgIpc) is 2.70. The van der Waals surface area contributed by atoms with Gasteiger partial charge < -0.3 is 9.30 Å². The van der Waals surface area contributed by atoms with E-state index in [2.05, 4.69) is 9.97 Å². The molecule has 0 unspecified atom stereocenters. The van der Waals surface area contributed by atoms with Crippen molar-refractivity contribution in [3.8, 4) is 11.5 Å². The zero-order chi connectivity index (χ0) is 12.5. The number of halogens is 3. The molecule has 92 valence electrons. The number of nitrogens with zero attached hydrogens (tertiary/aromatic N) is 3. The van der Waals surface area contributed by atoms with E-state index in [1.54, 1.807) is 19.2 Å². The zero-order valence-corrected chi connectivity index (χ0v) is 9.03. The van der Waals surface area contributed by atoms with E-state index in [1.807, 2.05) is 0 Å². The van der Waals surface area contributed by atoms with Crippen molar-refractivity contribution in [1.82, 2.24) is 14.5 Å². The van der Waals surface area contributed by atoms with Crippen LogP contribution in [0.15, 0.2) is 18.3 Å². The second-order valence-corrected chi connectivity index (χ2v) is 3.35. The number of pyridine rings is 1. The topological polar surface area (TPSA) is 39.9 Å². The van der Waals surface area contributed by atoms with Crippen molar-refractivity contribution in [1.29, 1.82) is 0 Å². The lowest BCUT2D eigenvalue weighted by molar-refractivity contribution is -0.144. The van der Waals surface area contributed by atoms with Crippen LogP contribution in [0, 0.1) is 0 Å². The smallest absolute Gasteiger partial charge is 0.361 e. The van der Waals surface area contributed by atoms with E-state index in [0.717, 1.165) is 0 Å². The number of imidazole rings is 1. The average molecular weight is 245 g/mol. The van der Waals surface area contributed by atoms with Crippen LogP contribution in [-0.4, -0.2) is 21.1 Å². The Hall–Kier alpha value is -1.63. The molecule has 0 aromatic carbocycles. The lowest BCUT2D eigenvalue weighted by Crippen LogP contribution is -2.08. The Morgan fingerprint density at radius 1 is 1.35 bits per heavy atom. The monoisotopic (exact) mass is 245 g/mol. The third-order valence-corrected chi connectivity index (χ3v) is 2.15. The highest BCUT2D eigenvalue weighted by Gasteiger charge is 2.37. The molecule has 0 aromatic rings. The number of aromatic nitrogens is 3. The molecule has 0 radical (unpaired) electrons. The van der Waals surface area contributed by atoms with Gasteiger partial charge in [0.25, 0.3) is 0 Å². The van der Waals surface area contributed by atoms with E-state index in [0.29, 0.717) is 6.61 Å². The Morgan fingerprint density at radius 2 is 2.12 bits per heavy atom. The van der Waals surface area contributed by atoms with Gasteiger partial charge in [-0.1, -0.05) is 0 Å². The second-order valence-electron chi connectivity index (χ2n) is 3.35. The van der Waals surface area contributed by atoms with Crippen molar-refractivity contribution >= 4 is 0 Å². The zero-order valence-electron chi connectivity index (χ0n) is 9.03. The summed E-state index contributed by atoms with van der Waals surface area (Å²) in [5.41, 5.74) is 0.208. The highest BCUT2D eigenvalue weighted by molar-refractivity contribution is 5.52. The summed E-state index contributed by atoms with van der Waals surface area (Å²) in [5.74, 6) is -0.947. The molecule has 0 saturated heterocycles. The van der Waals surface area contributed by atoms with Crippen molar-refractivity contribution in [2.75, 3.05) is 6.61 Å². The van der Waals surface area contributed by atoms with Crippen LogP contribution in [0.5, 0.6) is 0 Å². The van der Waals surface area contributed by atoms with E-state index in [-0.39, 0.29) is 18.2 Å². The van der Waals surface area contributed by atoms with Gasteiger partial charge >= 0.3 is 6.18 Å². The maximum absolute atomic E-state index is 12.4. The summed E-state index contributed by atoms with van der Waals surface area (Å²) in [6, 6.07) is 3.09. The van der Waals surface area contributed by atoms with Crippen LogP contribution in [0.3, 0.4) is 0 Å². The highest BCUT2D eigenvalue weighted by atomic mass is 19.4. The normalized spacial score (nSPS) is 12.2. The fraction of sp³-hybridized carbons (Fsp3) is 0.400. The number of ether oxygens (including phenoxy) is 1. The van der Waals surface area contributed by atoms with Crippen LogP contribution in [0.4, 0.5) is 13.2 Å². The van der Waals surface area contributed by atoms with Crippen LogP contribution in [0.2, 0.25) is 0 Å². The van der Waals surface area contributed by atoms with Crippen molar-refractivity contribution < 1.29 is 17.9 Å². The van der Waals surface area contributed by atoms with E-state index in [1.165, 1.54) is 10.6 Å². The molecule has 0 aliphatic carbocycles. The van der Waals surface area contributed by atoms with Crippen LogP contribution in [-0.2, 0) is 17.6 Å². The Labute approximate surface area is 95.4 Å².